The van der Waals surface area contributed by atoms with Crippen LogP contribution in [0, 0.1) is 11.6 Å². The van der Waals surface area contributed by atoms with E-state index in [4.69, 9.17) is 0 Å². The molecule has 2 aromatic carbocycles. The molecule has 2 N–H and O–H groups in total. The molecule has 9 heteroatoms. The average Bonchev–Trinajstić information content (AvgIpc) is 2.92. The van der Waals surface area contributed by atoms with Crippen molar-refractivity contribution in [2.24, 2.45) is 0 Å². The van der Waals surface area contributed by atoms with E-state index in [9.17, 15) is 26.5 Å². The predicted molar refractivity (Wildman–Crippen MR) is 82.4 cm³/mol. The number of benzene rings is 2. The van der Waals surface area contributed by atoms with E-state index < -0.39 is 26.6 Å². The molecule has 0 aliphatic carbocycles. The van der Waals surface area contributed by atoms with Crippen LogP contribution in [-0.4, -0.2) is 32.1 Å². The van der Waals surface area contributed by atoms with Gasteiger partial charge in [0.15, 0.2) is 0 Å². The first-order valence-electron chi connectivity index (χ1n) is 6.90. The maximum atomic E-state index is 14.1. The van der Waals surface area contributed by atoms with Gasteiger partial charge in [0.2, 0.25) is 0 Å². The molecule has 0 radical (unpaired) electrons. The van der Waals surface area contributed by atoms with Crippen LogP contribution in [0.5, 0.6) is 0 Å². The van der Waals surface area contributed by atoms with Crippen LogP contribution in [0.25, 0.3) is 11.1 Å². The molecular weight excluding hydrogens is 342 g/mol. The number of anilines is 1. The average molecular weight is 354 g/mol. The Hall–Kier alpha value is -2.52. The highest BCUT2D eigenvalue weighted by molar-refractivity contribution is 7.86. The van der Waals surface area contributed by atoms with E-state index >= 15 is 0 Å². The first kappa shape index (κ1) is 16.3. The molecule has 6 nitrogen and oxygen atoms in total. The topological polar surface area (TPSA) is 86.7 Å². The van der Waals surface area contributed by atoms with Crippen molar-refractivity contribution in [3.05, 3.63) is 48.0 Å². The molecule has 0 spiro atoms. The van der Waals surface area contributed by atoms with Crippen LogP contribution >= 0.6 is 0 Å². The number of nitrogens with one attached hydrogen (secondary N) is 1. The minimum atomic E-state index is -4.64. The second-order valence-electron chi connectivity index (χ2n) is 5.16. The summed E-state index contributed by atoms with van der Waals surface area (Å²) in [4.78, 5) is 12.6. The van der Waals surface area contributed by atoms with Crippen molar-refractivity contribution < 1.29 is 26.5 Å². The Balaban J connectivity index is 2.22. The molecule has 126 valence electrons. The number of nitrogens with zero attached hydrogens (tertiary/aromatic N) is 1. The van der Waals surface area contributed by atoms with Crippen LogP contribution in [0.2, 0.25) is 0 Å². The van der Waals surface area contributed by atoms with E-state index in [0.29, 0.717) is 24.8 Å². The number of hydrogen-bond acceptors (Lipinski definition) is 3. The van der Waals surface area contributed by atoms with Crippen molar-refractivity contribution in [3.8, 4) is 11.1 Å². The highest BCUT2D eigenvalue weighted by Gasteiger charge is 2.25. The molecule has 0 unspecified atom stereocenters. The number of carbonyl (C=O) groups is 1. The van der Waals surface area contributed by atoms with Crippen LogP contribution in [-0.2, 0) is 10.1 Å². The van der Waals surface area contributed by atoms with Crippen molar-refractivity contribution in [1.82, 2.24) is 5.32 Å². The number of halogens is 2. The molecule has 0 bridgehead atoms. The minimum absolute atomic E-state index is 0.160. The Morgan fingerprint density at radius 3 is 2.42 bits per heavy atom. The second-order valence-corrected chi connectivity index (χ2v) is 6.55. The largest absolute Gasteiger partial charge is 0.336 e. The third-order valence-corrected chi connectivity index (χ3v) is 4.54. The lowest BCUT2D eigenvalue weighted by molar-refractivity contribution is 0.252. The van der Waals surface area contributed by atoms with E-state index in [1.165, 1.54) is 17.0 Å². The van der Waals surface area contributed by atoms with Gasteiger partial charge in [-0.2, -0.15) is 8.42 Å². The lowest BCUT2D eigenvalue weighted by atomic mass is 10.0. The van der Waals surface area contributed by atoms with Crippen LogP contribution in [0.15, 0.2) is 41.3 Å². The molecule has 24 heavy (non-hydrogen) atoms. The van der Waals surface area contributed by atoms with E-state index in [0.717, 1.165) is 18.2 Å². The molecule has 1 saturated heterocycles. The zero-order chi connectivity index (χ0) is 17.5. The predicted octanol–water partition coefficient (Wildman–Crippen LogP) is 2.41. The minimum Gasteiger partial charge on any atom is -0.336 e. The summed E-state index contributed by atoms with van der Waals surface area (Å²) >= 11 is 0. The van der Waals surface area contributed by atoms with Gasteiger partial charge in [0.1, 0.15) is 16.5 Å². The normalized spacial score (nSPS) is 14.8. The maximum Gasteiger partial charge on any atom is 0.321 e. The third-order valence-electron chi connectivity index (χ3n) is 3.63. The second kappa shape index (κ2) is 5.84. The fourth-order valence-corrected chi connectivity index (χ4v) is 3.23. The van der Waals surface area contributed by atoms with Gasteiger partial charge in [0.05, 0.1) is 0 Å². The molecule has 2 amide bonds. The van der Waals surface area contributed by atoms with Gasteiger partial charge in [-0.05, 0) is 30.3 Å². The van der Waals surface area contributed by atoms with Gasteiger partial charge >= 0.3 is 6.03 Å². The zero-order valence-electron chi connectivity index (χ0n) is 12.2. The number of amides is 2. The van der Waals surface area contributed by atoms with Gasteiger partial charge in [-0.15, -0.1) is 0 Å². The van der Waals surface area contributed by atoms with E-state index in [1.54, 1.807) is 0 Å². The Morgan fingerprint density at radius 1 is 1.08 bits per heavy atom. The van der Waals surface area contributed by atoms with Gasteiger partial charge < -0.3 is 5.32 Å². The Kier molecular flexibility index (Phi) is 3.98. The van der Waals surface area contributed by atoms with Crippen molar-refractivity contribution in [2.45, 2.75) is 4.90 Å². The molecule has 2 aromatic rings. The van der Waals surface area contributed by atoms with E-state index in [2.05, 4.69) is 5.32 Å². The third kappa shape index (κ3) is 2.95. The standard InChI is InChI=1S/C15H12F2N2O4S/c16-9-1-3-11(13(17)7-9)12-8-10(19-6-5-18-15(19)20)2-4-14(12)24(21,22)23/h1-4,7-8H,5-6H2,(H,18,20)(H,21,22,23). The molecule has 1 aliphatic heterocycles. The summed E-state index contributed by atoms with van der Waals surface area (Å²) in [6, 6.07) is 5.96. The molecule has 1 fully saturated rings. The number of urea groups is 1. The molecular formula is C15H12F2N2O4S. The lowest BCUT2D eigenvalue weighted by Gasteiger charge is -2.17. The van der Waals surface area contributed by atoms with E-state index in [-0.39, 0.29) is 17.2 Å². The molecule has 0 atom stereocenters. The highest BCUT2D eigenvalue weighted by atomic mass is 32.2. The molecule has 0 saturated carbocycles. The van der Waals surface area contributed by atoms with Gasteiger partial charge in [0, 0.05) is 36.0 Å². The van der Waals surface area contributed by atoms with E-state index in [1.807, 2.05) is 0 Å². The summed E-state index contributed by atoms with van der Waals surface area (Å²) in [5.74, 6) is -1.80. The van der Waals surface area contributed by atoms with Gasteiger partial charge in [0.25, 0.3) is 10.1 Å². The quantitative estimate of drug-likeness (QED) is 0.829. The van der Waals surface area contributed by atoms with Crippen molar-refractivity contribution in [1.29, 1.82) is 0 Å². The van der Waals surface area contributed by atoms with Crippen LogP contribution in [0.4, 0.5) is 19.3 Å². The van der Waals surface area contributed by atoms with Crippen LogP contribution in [0.3, 0.4) is 0 Å². The zero-order valence-corrected chi connectivity index (χ0v) is 13.0. The first-order valence-corrected chi connectivity index (χ1v) is 8.34. The first-order chi connectivity index (χ1) is 11.3. The summed E-state index contributed by atoms with van der Waals surface area (Å²) in [7, 11) is -4.64. The molecule has 3 rings (SSSR count). The van der Waals surface area contributed by atoms with Gasteiger partial charge in [-0.25, -0.2) is 13.6 Å². The van der Waals surface area contributed by atoms with Gasteiger partial charge in [-0.3, -0.25) is 9.45 Å². The van der Waals surface area contributed by atoms with Crippen LogP contribution in [0.1, 0.15) is 0 Å². The lowest BCUT2D eigenvalue weighted by Crippen LogP contribution is -2.27. The SMILES string of the molecule is O=C1NCCN1c1ccc(S(=O)(=O)O)c(-c2ccc(F)cc2F)c1. The summed E-state index contributed by atoms with van der Waals surface area (Å²) in [6.07, 6.45) is 0. The molecule has 1 heterocycles. The summed E-state index contributed by atoms with van der Waals surface area (Å²) in [5.41, 5.74) is -0.0335. The summed E-state index contributed by atoms with van der Waals surface area (Å²) in [5, 5.41) is 2.59. The summed E-state index contributed by atoms with van der Waals surface area (Å²) in [6.45, 7) is 0.772. The fourth-order valence-electron chi connectivity index (χ4n) is 2.55. The highest BCUT2D eigenvalue weighted by Crippen LogP contribution is 2.33. The Labute approximate surface area is 136 Å². The number of carbonyl (C=O) groups excluding carboxylic acids is 1. The fraction of sp³-hybridized carbons (Fsp3) is 0.133. The van der Waals surface area contributed by atoms with Gasteiger partial charge in [-0.1, -0.05) is 0 Å². The summed E-state index contributed by atoms with van der Waals surface area (Å²) < 4.78 is 59.7. The number of rotatable bonds is 3. The smallest absolute Gasteiger partial charge is 0.321 e. The monoisotopic (exact) mass is 354 g/mol. The van der Waals surface area contributed by atoms with Crippen molar-refractivity contribution in [2.75, 3.05) is 18.0 Å². The van der Waals surface area contributed by atoms with Crippen molar-refractivity contribution in [3.63, 3.8) is 0 Å². The molecule has 0 aromatic heterocycles. The van der Waals surface area contributed by atoms with Crippen molar-refractivity contribution >= 4 is 21.8 Å². The maximum absolute atomic E-state index is 14.1. The number of hydrogen-bond donors (Lipinski definition) is 2. The Morgan fingerprint density at radius 2 is 1.83 bits per heavy atom. The Bertz CT molecular complexity index is 931. The molecule has 1 aliphatic rings. The van der Waals surface area contributed by atoms with Crippen LogP contribution < -0.4 is 10.2 Å².